The first-order valence-electron chi connectivity index (χ1n) is 5.89. The monoisotopic (exact) mass is 300 g/mol. The second-order valence-electron chi connectivity index (χ2n) is 4.10. The molecule has 102 valence electrons. The molecular weight excluding hydrogens is 287 g/mol. The van der Waals surface area contributed by atoms with Crippen LogP contribution >= 0.6 is 23.1 Å². The maximum absolute atomic E-state index is 13.4. The van der Waals surface area contributed by atoms with Gasteiger partial charge in [0.15, 0.2) is 0 Å². The van der Waals surface area contributed by atoms with E-state index in [1.807, 2.05) is 0 Å². The highest BCUT2D eigenvalue weighted by atomic mass is 35.5. The molecule has 1 aromatic carbocycles. The number of nitrogens with two attached hydrogens (primary N) is 1. The summed E-state index contributed by atoms with van der Waals surface area (Å²) < 4.78 is 17.3. The van der Waals surface area contributed by atoms with Crippen molar-refractivity contribution in [3.05, 3.63) is 45.2 Å². The summed E-state index contributed by atoms with van der Waals surface area (Å²) >= 11 is 7.36. The van der Waals surface area contributed by atoms with Crippen LogP contribution in [-0.2, 0) is 6.42 Å². The molecule has 1 atom stereocenters. The molecule has 1 unspecified atom stereocenters. The molecular formula is C12H14ClFN4S. The summed E-state index contributed by atoms with van der Waals surface area (Å²) in [6.45, 7) is 2.06. The van der Waals surface area contributed by atoms with Gasteiger partial charge in [-0.05, 0) is 41.7 Å². The normalized spacial score (nSPS) is 12.6. The number of benzene rings is 1. The van der Waals surface area contributed by atoms with E-state index in [2.05, 4.69) is 21.9 Å². The van der Waals surface area contributed by atoms with Crippen LogP contribution < -0.4 is 11.3 Å². The van der Waals surface area contributed by atoms with Gasteiger partial charge < -0.3 is 0 Å². The van der Waals surface area contributed by atoms with Gasteiger partial charge in [0, 0.05) is 5.02 Å². The summed E-state index contributed by atoms with van der Waals surface area (Å²) in [5, 5.41) is 4.55. The molecule has 19 heavy (non-hydrogen) atoms. The van der Waals surface area contributed by atoms with E-state index < -0.39 is 6.04 Å². The molecule has 0 aliphatic carbocycles. The fraction of sp³-hybridized carbons (Fsp3) is 0.333. The van der Waals surface area contributed by atoms with Gasteiger partial charge in [-0.15, -0.1) is 5.10 Å². The molecule has 0 radical (unpaired) electrons. The van der Waals surface area contributed by atoms with Crippen LogP contribution in [0.1, 0.15) is 35.5 Å². The smallest absolute Gasteiger partial charge is 0.123 e. The lowest BCUT2D eigenvalue weighted by Crippen LogP contribution is -2.29. The SMILES string of the molecule is CCCc1nnsc1C(NN)c1cc(F)ccc1Cl. The number of hydrazine groups is 1. The van der Waals surface area contributed by atoms with Crippen molar-refractivity contribution in [3.63, 3.8) is 0 Å². The highest BCUT2D eigenvalue weighted by Crippen LogP contribution is 2.32. The lowest BCUT2D eigenvalue weighted by atomic mass is 10.0. The largest absolute Gasteiger partial charge is 0.271 e. The van der Waals surface area contributed by atoms with Gasteiger partial charge >= 0.3 is 0 Å². The molecule has 3 N–H and O–H groups in total. The topological polar surface area (TPSA) is 63.8 Å². The lowest BCUT2D eigenvalue weighted by molar-refractivity contribution is 0.605. The van der Waals surface area contributed by atoms with Gasteiger partial charge in [0.2, 0.25) is 0 Å². The zero-order chi connectivity index (χ0) is 13.8. The van der Waals surface area contributed by atoms with E-state index in [-0.39, 0.29) is 5.82 Å². The summed E-state index contributed by atoms with van der Waals surface area (Å²) in [7, 11) is 0. The van der Waals surface area contributed by atoms with Crippen molar-refractivity contribution in [1.82, 2.24) is 15.0 Å². The van der Waals surface area contributed by atoms with E-state index >= 15 is 0 Å². The van der Waals surface area contributed by atoms with E-state index in [0.29, 0.717) is 10.6 Å². The Balaban J connectivity index is 2.44. The van der Waals surface area contributed by atoms with Gasteiger partial charge in [0.1, 0.15) is 5.82 Å². The Morgan fingerprint density at radius 1 is 1.53 bits per heavy atom. The molecule has 1 aromatic heterocycles. The second kappa shape index (κ2) is 6.38. The Morgan fingerprint density at radius 2 is 2.32 bits per heavy atom. The zero-order valence-electron chi connectivity index (χ0n) is 10.4. The number of aryl methyl sites for hydroxylation is 1. The Morgan fingerprint density at radius 3 is 3.00 bits per heavy atom. The molecule has 0 amide bonds. The fourth-order valence-electron chi connectivity index (χ4n) is 1.89. The summed E-state index contributed by atoms with van der Waals surface area (Å²) in [6, 6.07) is 3.81. The number of hydrogen-bond donors (Lipinski definition) is 2. The zero-order valence-corrected chi connectivity index (χ0v) is 11.9. The standard InChI is InChI=1S/C12H14ClFN4S/c1-2-3-10-12(19-18-17-10)11(16-15)8-6-7(14)4-5-9(8)13/h4-6,11,16H,2-3,15H2,1H3. The average Bonchev–Trinajstić information content (AvgIpc) is 2.83. The third-order valence-corrected chi connectivity index (χ3v) is 3.95. The Hall–Kier alpha value is -1.08. The third-order valence-electron chi connectivity index (χ3n) is 2.77. The van der Waals surface area contributed by atoms with Gasteiger partial charge in [0.25, 0.3) is 0 Å². The van der Waals surface area contributed by atoms with E-state index in [1.54, 1.807) is 0 Å². The molecule has 0 saturated heterocycles. The highest BCUT2D eigenvalue weighted by molar-refractivity contribution is 7.05. The maximum atomic E-state index is 13.4. The fourth-order valence-corrected chi connectivity index (χ4v) is 2.89. The van der Waals surface area contributed by atoms with Crippen molar-refractivity contribution in [1.29, 1.82) is 0 Å². The number of hydrogen-bond acceptors (Lipinski definition) is 5. The number of nitrogens with one attached hydrogen (secondary N) is 1. The minimum absolute atomic E-state index is 0.353. The van der Waals surface area contributed by atoms with Crippen molar-refractivity contribution < 1.29 is 4.39 Å². The molecule has 0 saturated carbocycles. The van der Waals surface area contributed by atoms with Crippen LogP contribution in [0, 0.1) is 5.82 Å². The van der Waals surface area contributed by atoms with Crippen LogP contribution in [0.25, 0.3) is 0 Å². The summed E-state index contributed by atoms with van der Waals surface area (Å²) in [6.07, 6.45) is 1.75. The van der Waals surface area contributed by atoms with E-state index in [9.17, 15) is 4.39 Å². The van der Waals surface area contributed by atoms with Crippen LogP contribution in [0.15, 0.2) is 18.2 Å². The average molecular weight is 301 g/mol. The van der Waals surface area contributed by atoms with Crippen LogP contribution in [0.3, 0.4) is 0 Å². The summed E-state index contributed by atoms with van der Waals surface area (Å²) in [5.74, 6) is 5.25. The second-order valence-corrected chi connectivity index (χ2v) is 5.29. The van der Waals surface area contributed by atoms with Gasteiger partial charge in [-0.2, -0.15) is 0 Å². The van der Waals surface area contributed by atoms with Gasteiger partial charge in [-0.25, -0.2) is 9.82 Å². The third kappa shape index (κ3) is 3.09. The molecule has 0 spiro atoms. The molecule has 0 fully saturated rings. The van der Waals surface area contributed by atoms with Gasteiger partial charge in [0.05, 0.1) is 16.6 Å². The van der Waals surface area contributed by atoms with Crippen molar-refractivity contribution in [2.75, 3.05) is 0 Å². The summed E-state index contributed by atoms with van der Waals surface area (Å²) in [4.78, 5) is 0.872. The number of rotatable bonds is 5. The van der Waals surface area contributed by atoms with Crippen molar-refractivity contribution in [3.8, 4) is 0 Å². The molecule has 7 heteroatoms. The predicted molar refractivity (Wildman–Crippen MR) is 74.5 cm³/mol. The van der Waals surface area contributed by atoms with Gasteiger partial charge in [-0.3, -0.25) is 5.84 Å². The van der Waals surface area contributed by atoms with E-state index in [4.69, 9.17) is 17.4 Å². The first-order chi connectivity index (χ1) is 9.17. The first-order valence-corrected chi connectivity index (χ1v) is 7.04. The van der Waals surface area contributed by atoms with Crippen LogP contribution in [0.5, 0.6) is 0 Å². The Bertz CT molecular complexity index is 560. The number of aromatic nitrogens is 2. The first kappa shape index (κ1) is 14.3. The number of nitrogens with zero attached hydrogens (tertiary/aromatic N) is 2. The molecule has 0 aliphatic rings. The molecule has 2 rings (SSSR count). The van der Waals surface area contributed by atoms with Gasteiger partial charge in [-0.1, -0.05) is 29.4 Å². The quantitative estimate of drug-likeness (QED) is 0.658. The number of halogens is 2. The predicted octanol–water partition coefficient (Wildman–Crippen LogP) is 2.84. The molecule has 4 nitrogen and oxygen atoms in total. The van der Waals surface area contributed by atoms with Crippen LogP contribution in [0.2, 0.25) is 5.02 Å². The van der Waals surface area contributed by atoms with Crippen molar-refractivity contribution >= 4 is 23.1 Å². The lowest BCUT2D eigenvalue weighted by Gasteiger charge is -2.17. The molecule has 0 bridgehead atoms. The van der Waals surface area contributed by atoms with Crippen molar-refractivity contribution in [2.45, 2.75) is 25.8 Å². The Kier molecular flexibility index (Phi) is 4.81. The maximum Gasteiger partial charge on any atom is 0.123 e. The molecule has 2 aromatic rings. The van der Waals surface area contributed by atoms with E-state index in [1.165, 1.54) is 29.7 Å². The van der Waals surface area contributed by atoms with Crippen LogP contribution in [-0.4, -0.2) is 9.59 Å². The Labute approximate surface area is 119 Å². The van der Waals surface area contributed by atoms with E-state index in [0.717, 1.165) is 23.4 Å². The minimum Gasteiger partial charge on any atom is -0.271 e. The van der Waals surface area contributed by atoms with Crippen LogP contribution in [0.4, 0.5) is 4.39 Å². The highest BCUT2D eigenvalue weighted by Gasteiger charge is 2.22. The molecule has 0 aliphatic heterocycles. The molecule has 1 heterocycles. The minimum atomic E-state index is -0.398. The summed E-state index contributed by atoms with van der Waals surface area (Å²) in [5.41, 5.74) is 4.13. The van der Waals surface area contributed by atoms with Crippen molar-refractivity contribution in [2.24, 2.45) is 5.84 Å².